The molecule has 0 rings (SSSR count). The predicted octanol–water partition coefficient (Wildman–Crippen LogP) is 1.01. The number of ether oxygens (including phenoxy) is 2. The summed E-state index contributed by atoms with van der Waals surface area (Å²) in [4.78, 5) is 22.7. The van der Waals surface area contributed by atoms with Gasteiger partial charge in [-0.2, -0.15) is 0 Å². The van der Waals surface area contributed by atoms with Crippen molar-refractivity contribution in [1.82, 2.24) is 0 Å². The molecule has 0 radical (unpaired) electrons. The van der Waals surface area contributed by atoms with Gasteiger partial charge in [-0.1, -0.05) is 11.6 Å². The molecule has 0 aliphatic carbocycles. The topological polar surface area (TPSA) is 80.2 Å². The number of hydrogen-bond acceptors (Lipinski definition) is 4. The van der Waals surface area contributed by atoms with Crippen molar-refractivity contribution in [3.05, 3.63) is 11.1 Å². The van der Waals surface area contributed by atoms with E-state index in [2.05, 4.69) is 5.73 Å². The maximum atomic E-state index is 11.5. The molecule has 0 bridgehead atoms. The monoisotopic (exact) mass is 278 g/mol. The van der Waals surface area contributed by atoms with Gasteiger partial charge in [-0.15, -0.1) is 0 Å². The molecule has 1 atom stereocenters. The highest BCUT2D eigenvalue weighted by Crippen LogP contribution is 2.10. The van der Waals surface area contributed by atoms with Crippen molar-refractivity contribution in [2.24, 2.45) is 0 Å². The molecule has 0 saturated heterocycles. The first-order valence-electron chi connectivity index (χ1n) is 5.75. The lowest BCUT2D eigenvalue weighted by atomic mass is 10.1. The summed E-state index contributed by atoms with van der Waals surface area (Å²) in [5, 5.41) is -0.0691. The van der Waals surface area contributed by atoms with Crippen molar-refractivity contribution in [2.75, 3.05) is 6.61 Å². The third-order valence-corrected chi connectivity index (χ3v) is 1.98. The van der Waals surface area contributed by atoms with Gasteiger partial charge in [0.2, 0.25) is 0 Å². The molecular formula is C12H21ClNO4+. The number of esters is 2. The van der Waals surface area contributed by atoms with Crippen molar-refractivity contribution in [1.29, 1.82) is 0 Å². The van der Waals surface area contributed by atoms with E-state index in [1.807, 2.05) is 0 Å². The second kappa shape index (κ2) is 7.38. The van der Waals surface area contributed by atoms with Crippen LogP contribution in [0.4, 0.5) is 0 Å². The third-order valence-electron chi connectivity index (χ3n) is 1.70. The highest BCUT2D eigenvalue weighted by atomic mass is 35.5. The Kier molecular flexibility index (Phi) is 6.94. The number of carbonyl (C=O) groups excluding carboxylic acids is 2. The Morgan fingerprint density at radius 2 is 1.94 bits per heavy atom. The molecule has 0 spiro atoms. The third kappa shape index (κ3) is 8.08. The SMILES string of the molecule is CCOC(=O)C(Cl)=C[C@@H]([NH3+])CC(=O)OC(C)(C)C. The van der Waals surface area contributed by atoms with Crippen LogP contribution in [0.3, 0.4) is 0 Å². The van der Waals surface area contributed by atoms with Gasteiger partial charge in [-0.3, -0.25) is 4.79 Å². The number of rotatable bonds is 5. The first-order valence-corrected chi connectivity index (χ1v) is 6.13. The lowest BCUT2D eigenvalue weighted by molar-refractivity contribution is -0.402. The van der Waals surface area contributed by atoms with E-state index in [1.54, 1.807) is 27.7 Å². The van der Waals surface area contributed by atoms with E-state index < -0.39 is 17.6 Å². The van der Waals surface area contributed by atoms with Gasteiger partial charge in [0.05, 0.1) is 6.61 Å². The summed E-state index contributed by atoms with van der Waals surface area (Å²) < 4.78 is 9.84. The molecule has 18 heavy (non-hydrogen) atoms. The summed E-state index contributed by atoms with van der Waals surface area (Å²) >= 11 is 5.72. The molecule has 0 aliphatic rings. The van der Waals surface area contributed by atoms with E-state index in [9.17, 15) is 9.59 Å². The van der Waals surface area contributed by atoms with Gasteiger partial charge in [0.25, 0.3) is 0 Å². The van der Waals surface area contributed by atoms with Crippen molar-refractivity contribution in [2.45, 2.75) is 45.8 Å². The van der Waals surface area contributed by atoms with Gasteiger partial charge in [-0.25, -0.2) is 4.79 Å². The molecule has 0 aromatic heterocycles. The molecule has 5 nitrogen and oxygen atoms in total. The second-order valence-electron chi connectivity index (χ2n) is 4.79. The fraction of sp³-hybridized carbons (Fsp3) is 0.667. The fourth-order valence-electron chi connectivity index (χ4n) is 1.13. The first-order chi connectivity index (χ1) is 8.15. The first kappa shape index (κ1) is 16.9. The Hall–Kier alpha value is -1.07. The molecule has 0 fully saturated rings. The van der Waals surface area contributed by atoms with Crippen molar-refractivity contribution in [3.8, 4) is 0 Å². The fourth-order valence-corrected chi connectivity index (χ4v) is 1.36. The van der Waals surface area contributed by atoms with Gasteiger partial charge in [0.1, 0.15) is 23.1 Å². The van der Waals surface area contributed by atoms with Crippen LogP contribution in [-0.2, 0) is 19.1 Å². The average molecular weight is 279 g/mol. The number of carbonyl (C=O) groups is 2. The Bertz CT molecular complexity index is 333. The zero-order chi connectivity index (χ0) is 14.3. The summed E-state index contributed by atoms with van der Waals surface area (Å²) in [6.07, 6.45) is 1.45. The average Bonchev–Trinajstić information content (AvgIpc) is 2.13. The van der Waals surface area contributed by atoms with Crippen LogP contribution in [0.1, 0.15) is 34.1 Å². The van der Waals surface area contributed by atoms with Crippen LogP contribution in [0, 0.1) is 0 Å². The zero-order valence-corrected chi connectivity index (χ0v) is 12.0. The van der Waals surface area contributed by atoms with Crippen LogP contribution in [0.2, 0.25) is 0 Å². The van der Waals surface area contributed by atoms with Crippen LogP contribution >= 0.6 is 11.6 Å². The van der Waals surface area contributed by atoms with Crippen LogP contribution in [0.15, 0.2) is 11.1 Å². The molecule has 0 aromatic rings. The molecule has 0 unspecified atom stereocenters. The second-order valence-corrected chi connectivity index (χ2v) is 5.19. The quantitative estimate of drug-likeness (QED) is 0.601. The minimum atomic E-state index is -0.614. The van der Waals surface area contributed by atoms with Crippen LogP contribution in [-0.4, -0.2) is 30.2 Å². The van der Waals surface area contributed by atoms with E-state index in [1.165, 1.54) is 6.08 Å². The van der Waals surface area contributed by atoms with Gasteiger partial charge in [-0.05, 0) is 33.8 Å². The van der Waals surface area contributed by atoms with Gasteiger partial charge in [0.15, 0.2) is 0 Å². The minimum absolute atomic E-state index is 0.0624. The Labute approximate surface area is 112 Å². The molecule has 0 aliphatic heterocycles. The maximum Gasteiger partial charge on any atom is 0.349 e. The molecular weight excluding hydrogens is 258 g/mol. The molecule has 0 saturated carbocycles. The number of hydrogen-bond donors (Lipinski definition) is 1. The molecule has 0 heterocycles. The summed E-state index contributed by atoms with van der Waals surface area (Å²) in [6.45, 7) is 7.28. The highest BCUT2D eigenvalue weighted by molar-refractivity contribution is 6.41. The summed E-state index contributed by atoms with van der Waals surface area (Å²) in [7, 11) is 0. The number of quaternary nitrogens is 1. The summed E-state index contributed by atoms with van der Waals surface area (Å²) in [5.74, 6) is -0.996. The van der Waals surface area contributed by atoms with Crippen molar-refractivity contribution in [3.63, 3.8) is 0 Å². The Morgan fingerprint density at radius 1 is 1.39 bits per heavy atom. The Balaban J connectivity index is 4.33. The van der Waals surface area contributed by atoms with E-state index in [0.717, 1.165) is 0 Å². The standard InChI is InChI=1S/C12H20ClNO4/c1-5-17-11(16)9(13)6-8(14)7-10(15)18-12(2,3)4/h6,8H,5,7,14H2,1-4H3/p+1/t8-/m1/s1. The van der Waals surface area contributed by atoms with Gasteiger partial charge >= 0.3 is 11.9 Å². The normalized spacial score (nSPS) is 14.0. The zero-order valence-electron chi connectivity index (χ0n) is 11.3. The van der Waals surface area contributed by atoms with E-state index >= 15 is 0 Å². The largest absolute Gasteiger partial charge is 0.462 e. The summed E-state index contributed by atoms with van der Waals surface area (Å²) in [6, 6.07) is -0.434. The van der Waals surface area contributed by atoms with E-state index in [-0.39, 0.29) is 24.0 Å². The van der Waals surface area contributed by atoms with Gasteiger partial charge < -0.3 is 15.2 Å². The molecule has 0 amide bonds. The molecule has 6 heteroatoms. The van der Waals surface area contributed by atoms with E-state index in [0.29, 0.717) is 0 Å². The smallest absolute Gasteiger partial charge is 0.349 e. The molecule has 3 N–H and O–H groups in total. The molecule has 104 valence electrons. The lowest BCUT2D eigenvalue weighted by Gasteiger charge is -2.19. The highest BCUT2D eigenvalue weighted by Gasteiger charge is 2.20. The number of halogens is 1. The lowest BCUT2D eigenvalue weighted by Crippen LogP contribution is -2.60. The van der Waals surface area contributed by atoms with Crippen LogP contribution in [0.25, 0.3) is 0 Å². The van der Waals surface area contributed by atoms with Gasteiger partial charge in [0, 0.05) is 0 Å². The molecule has 0 aromatic carbocycles. The maximum absolute atomic E-state index is 11.5. The van der Waals surface area contributed by atoms with Crippen molar-refractivity contribution < 1.29 is 24.8 Å². The van der Waals surface area contributed by atoms with Crippen molar-refractivity contribution >= 4 is 23.5 Å². The summed E-state index contributed by atoms with van der Waals surface area (Å²) in [5.41, 5.74) is 3.18. The van der Waals surface area contributed by atoms with Crippen LogP contribution < -0.4 is 5.73 Å². The predicted molar refractivity (Wildman–Crippen MR) is 67.7 cm³/mol. The van der Waals surface area contributed by atoms with Crippen LogP contribution in [0.5, 0.6) is 0 Å². The van der Waals surface area contributed by atoms with E-state index in [4.69, 9.17) is 21.1 Å². The minimum Gasteiger partial charge on any atom is -0.462 e. The Morgan fingerprint density at radius 3 is 2.39 bits per heavy atom.